The Labute approximate surface area is 123 Å². The molecule has 0 N–H and O–H groups in total. The van der Waals surface area contributed by atoms with Crippen LogP contribution in [0.15, 0.2) is 12.1 Å². The minimum Gasteiger partial charge on any atom is -0.192 e. The van der Waals surface area contributed by atoms with Crippen LogP contribution in [0.4, 0.5) is 0 Å². The van der Waals surface area contributed by atoms with E-state index in [1.807, 2.05) is 12.1 Å². The predicted molar refractivity (Wildman–Crippen MR) is 82.2 cm³/mol. The molecular formula is C18H24N2. The molecule has 0 spiro atoms. The van der Waals surface area contributed by atoms with Crippen molar-refractivity contribution in [3.63, 3.8) is 0 Å². The summed E-state index contributed by atoms with van der Waals surface area (Å²) in [6.45, 7) is 12.9. The molecule has 1 aromatic rings. The van der Waals surface area contributed by atoms with E-state index in [1.54, 1.807) is 0 Å². The lowest BCUT2D eigenvalue weighted by Crippen LogP contribution is -2.14. The fourth-order valence-electron chi connectivity index (χ4n) is 2.33. The molecule has 0 amide bonds. The molecule has 0 aliphatic heterocycles. The second-order valence-electron chi connectivity index (χ2n) is 7.86. The number of benzene rings is 1. The Bertz CT molecular complexity index is 516. The summed E-state index contributed by atoms with van der Waals surface area (Å²) in [5, 5.41) is 18.7. The fourth-order valence-corrected chi connectivity index (χ4v) is 2.33. The summed E-state index contributed by atoms with van der Waals surface area (Å²) in [6.07, 6.45) is 1.61. The maximum Gasteiger partial charge on any atom is 0.0994 e. The molecule has 0 heterocycles. The number of nitrogens with zero attached hydrogens (tertiary/aromatic N) is 2. The third kappa shape index (κ3) is 4.71. The van der Waals surface area contributed by atoms with Crippen molar-refractivity contribution in [1.29, 1.82) is 10.5 Å². The van der Waals surface area contributed by atoms with Gasteiger partial charge in [-0.3, -0.25) is 0 Å². The molecule has 0 aromatic heterocycles. The second-order valence-corrected chi connectivity index (χ2v) is 7.86. The van der Waals surface area contributed by atoms with Gasteiger partial charge >= 0.3 is 0 Å². The van der Waals surface area contributed by atoms with E-state index in [2.05, 4.69) is 53.7 Å². The van der Waals surface area contributed by atoms with Crippen molar-refractivity contribution in [3.05, 3.63) is 34.4 Å². The normalized spacial score (nSPS) is 11.8. The summed E-state index contributed by atoms with van der Waals surface area (Å²) in [5.41, 5.74) is 3.58. The molecule has 0 radical (unpaired) electrons. The average molecular weight is 268 g/mol. The minimum atomic E-state index is 0.101. The zero-order valence-corrected chi connectivity index (χ0v) is 13.5. The first-order valence-electron chi connectivity index (χ1n) is 7.02. The molecule has 2 heteroatoms. The van der Waals surface area contributed by atoms with E-state index < -0.39 is 0 Å². The van der Waals surface area contributed by atoms with Crippen molar-refractivity contribution < 1.29 is 0 Å². The SMILES string of the molecule is CC(C)(C)Cc1cc(C#N)c(CC(C)(C)C)cc1C#N. The molecule has 0 aliphatic carbocycles. The Morgan fingerprint density at radius 1 is 0.750 bits per heavy atom. The summed E-state index contributed by atoms with van der Waals surface area (Å²) in [4.78, 5) is 0. The Kier molecular flexibility index (Phi) is 4.61. The van der Waals surface area contributed by atoms with Crippen LogP contribution in [0.5, 0.6) is 0 Å². The monoisotopic (exact) mass is 268 g/mol. The van der Waals surface area contributed by atoms with E-state index in [9.17, 15) is 10.5 Å². The molecule has 0 bridgehead atoms. The number of hydrogen-bond donors (Lipinski definition) is 0. The van der Waals surface area contributed by atoms with Gasteiger partial charge in [0.15, 0.2) is 0 Å². The van der Waals surface area contributed by atoms with Crippen LogP contribution in [0.25, 0.3) is 0 Å². The van der Waals surface area contributed by atoms with Crippen LogP contribution in [0.2, 0.25) is 0 Å². The van der Waals surface area contributed by atoms with Gasteiger partial charge in [0.25, 0.3) is 0 Å². The highest BCUT2D eigenvalue weighted by Gasteiger charge is 2.19. The van der Waals surface area contributed by atoms with Gasteiger partial charge in [-0.15, -0.1) is 0 Å². The molecule has 2 nitrogen and oxygen atoms in total. The smallest absolute Gasteiger partial charge is 0.0994 e. The van der Waals surface area contributed by atoms with Gasteiger partial charge in [0, 0.05) is 0 Å². The molecule has 1 rings (SSSR count). The van der Waals surface area contributed by atoms with Gasteiger partial charge in [-0.05, 0) is 46.9 Å². The second kappa shape index (κ2) is 5.68. The Morgan fingerprint density at radius 3 is 1.25 bits per heavy atom. The number of nitriles is 2. The zero-order chi connectivity index (χ0) is 15.6. The lowest BCUT2D eigenvalue weighted by molar-refractivity contribution is 0.407. The molecule has 0 aliphatic rings. The van der Waals surface area contributed by atoms with Crippen molar-refractivity contribution in [3.8, 4) is 12.1 Å². The number of hydrogen-bond acceptors (Lipinski definition) is 2. The first-order chi connectivity index (χ1) is 9.05. The van der Waals surface area contributed by atoms with Crippen LogP contribution in [0.1, 0.15) is 63.8 Å². The quantitative estimate of drug-likeness (QED) is 0.786. The highest BCUT2D eigenvalue weighted by molar-refractivity contribution is 5.50. The van der Waals surface area contributed by atoms with Crippen LogP contribution in [0, 0.1) is 33.5 Å². The fraction of sp³-hybridized carbons (Fsp3) is 0.556. The van der Waals surface area contributed by atoms with Crippen LogP contribution in [0.3, 0.4) is 0 Å². The summed E-state index contributed by atoms with van der Waals surface area (Å²) >= 11 is 0. The average Bonchev–Trinajstić information content (AvgIpc) is 2.26. The minimum absolute atomic E-state index is 0.101. The summed E-state index contributed by atoms with van der Waals surface area (Å²) in [6, 6.07) is 8.39. The third-order valence-electron chi connectivity index (χ3n) is 3.01. The van der Waals surface area contributed by atoms with Crippen LogP contribution in [-0.4, -0.2) is 0 Å². The van der Waals surface area contributed by atoms with E-state index >= 15 is 0 Å². The van der Waals surface area contributed by atoms with Crippen LogP contribution < -0.4 is 0 Å². The van der Waals surface area contributed by atoms with Gasteiger partial charge in [-0.2, -0.15) is 10.5 Å². The summed E-state index contributed by atoms with van der Waals surface area (Å²) in [5.74, 6) is 0. The van der Waals surface area contributed by atoms with E-state index in [0.29, 0.717) is 11.1 Å². The standard InChI is InChI=1S/C18H24N2/c1-17(2,3)9-13-7-16(12-20)14(8-15(13)11-19)10-18(4,5)6/h7-8H,9-10H2,1-6H3. The predicted octanol–water partition coefficient (Wildman–Crippen LogP) is 4.61. The maximum absolute atomic E-state index is 9.37. The maximum atomic E-state index is 9.37. The Balaban J connectivity index is 3.33. The van der Waals surface area contributed by atoms with Gasteiger partial charge in [-0.25, -0.2) is 0 Å². The largest absolute Gasteiger partial charge is 0.192 e. The lowest BCUT2D eigenvalue weighted by Gasteiger charge is -2.22. The molecule has 0 unspecified atom stereocenters. The van der Waals surface area contributed by atoms with E-state index in [4.69, 9.17) is 0 Å². The molecule has 1 aromatic carbocycles. The van der Waals surface area contributed by atoms with Crippen molar-refractivity contribution >= 4 is 0 Å². The lowest BCUT2D eigenvalue weighted by atomic mass is 9.82. The molecule has 106 valence electrons. The van der Waals surface area contributed by atoms with Gasteiger partial charge in [0.05, 0.1) is 23.3 Å². The van der Waals surface area contributed by atoms with Crippen molar-refractivity contribution in [2.45, 2.75) is 54.4 Å². The summed E-state index contributed by atoms with van der Waals surface area (Å²) < 4.78 is 0. The van der Waals surface area contributed by atoms with Gasteiger partial charge < -0.3 is 0 Å². The van der Waals surface area contributed by atoms with E-state index in [-0.39, 0.29) is 10.8 Å². The Morgan fingerprint density at radius 2 is 1.05 bits per heavy atom. The first-order valence-corrected chi connectivity index (χ1v) is 7.02. The van der Waals surface area contributed by atoms with Crippen LogP contribution >= 0.6 is 0 Å². The van der Waals surface area contributed by atoms with Gasteiger partial charge in [0.1, 0.15) is 0 Å². The van der Waals surface area contributed by atoms with Gasteiger partial charge in [-0.1, -0.05) is 41.5 Å². The van der Waals surface area contributed by atoms with Crippen molar-refractivity contribution in [2.75, 3.05) is 0 Å². The molecule has 0 atom stereocenters. The number of rotatable bonds is 2. The summed E-state index contributed by atoms with van der Waals surface area (Å²) in [7, 11) is 0. The van der Waals surface area contributed by atoms with Crippen molar-refractivity contribution in [1.82, 2.24) is 0 Å². The Hall–Kier alpha value is -1.80. The molecule has 0 saturated carbocycles. The molecular weight excluding hydrogens is 244 g/mol. The zero-order valence-electron chi connectivity index (χ0n) is 13.5. The van der Waals surface area contributed by atoms with Crippen molar-refractivity contribution in [2.24, 2.45) is 10.8 Å². The van der Waals surface area contributed by atoms with Gasteiger partial charge in [0.2, 0.25) is 0 Å². The van der Waals surface area contributed by atoms with E-state index in [0.717, 1.165) is 24.0 Å². The molecule has 20 heavy (non-hydrogen) atoms. The third-order valence-corrected chi connectivity index (χ3v) is 3.01. The first kappa shape index (κ1) is 16.3. The highest BCUT2D eigenvalue weighted by Crippen LogP contribution is 2.28. The topological polar surface area (TPSA) is 47.6 Å². The van der Waals surface area contributed by atoms with E-state index in [1.165, 1.54) is 0 Å². The van der Waals surface area contributed by atoms with Crippen LogP contribution in [-0.2, 0) is 12.8 Å². The highest BCUT2D eigenvalue weighted by atomic mass is 14.3. The molecule has 0 saturated heterocycles. The molecule has 0 fully saturated rings.